The van der Waals surface area contributed by atoms with Crippen molar-refractivity contribution in [3.8, 4) is 0 Å². The maximum Gasteiger partial charge on any atom is 0.408 e. The molecule has 6 N–H and O–H groups in total. The fraction of sp³-hybridized carbons (Fsp3) is 0.319. The molecule has 6 rings (SSSR count). The van der Waals surface area contributed by atoms with Crippen LogP contribution < -0.4 is 21.3 Å². The highest BCUT2D eigenvalue weighted by molar-refractivity contribution is 5.89. The summed E-state index contributed by atoms with van der Waals surface area (Å²) in [6.07, 6.45) is 9.74. The van der Waals surface area contributed by atoms with Gasteiger partial charge in [0.25, 0.3) is 0 Å². The zero-order chi connectivity index (χ0) is 41.1. The van der Waals surface area contributed by atoms with Crippen molar-refractivity contribution >= 4 is 45.8 Å². The van der Waals surface area contributed by atoms with Crippen LogP contribution in [-0.4, -0.2) is 59.1 Å². The van der Waals surface area contributed by atoms with E-state index in [1.54, 1.807) is 0 Å². The molecule has 2 aromatic heterocycles. The second kappa shape index (κ2) is 22.4. The molecule has 0 saturated heterocycles. The van der Waals surface area contributed by atoms with Gasteiger partial charge in [-0.3, -0.25) is 9.59 Å². The molecular weight excluding hydrogens is 745 g/mol. The number of nitrogens with one attached hydrogen (secondary N) is 6. The van der Waals surface area contributed by atoms with E-state index < -0.39 is 24.3 Å². The Bertz CT molecular complexity index is 2080. The van der Waals surface area contributed by atoms with Crippen LogP contribution in [0.2, 0.25) is 0 Å². The maximum atomic E-state index is 13.4. The zero-order valence-corrected chi connectivity index (χ0v) is 33.3. The van der Waals surface area contributed by atoms with Crippen LogP contribution in [0.1, 0.15) is 67.2 Å². The van der Waals surface area contributed by atoms with Crippen LogP contribution in [0.15, 0.2) is 122 Å². The largest absolute Gasteiger partial charge is 0.445 e. The second-order valence-corrected chi connectivity index (χ2v) is 14.7. The number of hydrogen-bond donors (Lipinski definition) is 6. The van der Waals surface area contributed by atoms with Gasteiger partial charge in [0.2, 0.25) is 11.8 Å². The van der Waals surface area contributed by atoms with Gasteiger partial charge in [-0.2, -0.15) is 0 Å². The number of rotatable bonds is 22. The number of amides is 4. The van der Waals surface area contributed by atoms with E-state index in [9.17, 15) is 19.2 Å². The van der Waals surface area contributed by atoms with Crippen molar-refractivity contribution < 1.29 is 28.7 Å². The lowest BCUT2D eigenvalue weighted by Gasteiger charge is -2.18. The minimum absolute atomic E-state index is 0.112. The number of aromatic nitrogens is 2. The number of carbonyl (C=O) groups excluding carboxylic acids is 4. The zero-order valence-electron chi connectivity index (χ0n) is 33.3. The first-order valence-electron chi connectivity index (χ1n) is 20.5. The van der Waals surface area contributed by atoms with Crippen molar-refractivity contribution in [1.29, 1.82) is 0 Å². The highest BCUT2D eigenvalue weighted by Gasteiger charge is 2.24. The van der Waals surface area contributed by atoms with Gasteiger partial charge < -0.3 is 40.7 Å². The Morgan fingerprint density at radius 2 is 0.847 bits per heavy atom. The molecule has 0 bridgehead atoms. The molecular formula is C47H54N6O6. The number of unbranched alkanes of at least 4 members (excludes halogenated alkanes) is 6. The lowest BCUT2D eigenvalue weighted by molar-refractivity contribution is -0.123. The normalized spacial score (nSPS) is 12.1. The summed E-state index contributed by atoms with van der Waals surface area (Å²) in [5, 5.41) is 13.6. The maximum absolute atomic E-state index is 13.4. The molecule has 0 aliphatic rings. The Balaban J connectivity index is 0.881. The number of carbonyl (C=O) groups is 4. The third-order valence-corrected chi connectivity index (χ3v) is 10.3. The predicted octanol–water partition coefficient (Wildman–Crippen LogP) is 7.99. The van der Waals surface area contributed by atoms with Crippen LogP contribution in [0.4, 0.5) is 9.59 Å². The molecule has 4 amide bonds. The van der Waals surface area contributed by atoms with E-state index in [0.717, 1.165) is 89.0 Å². The molecule has 0 fully saturated rings. The van der Waals surface area contributed by atoms with Crippen LogP contribution in [0.3, 0.4) is 0 Å². The summed E-state index contributed by atoms with van der Waals surface area (Å²) in [6, 6.07) is 33.0. The molecule has 0 aliphatic heterocycles. The molecule has 0 aliphatic carbocycles. The van der Waals surface area contributed by atoms with Gasteiger partial charge >= 0.3 is 12.2 Å². The summed E-state index contributed by atoms with van der Waals surface area (Å²) in [5.74, 6) is -0.506. The van der Waals surface area contributed by atoms with Crippen LogP contribution in [0, 0.1) is 0 Å². The van der Waals surface area contributed by atoms with Gasteiger partial charge in [0, 0.05) is 60.1 Å². The summed E-state index contributed by atoms with van der Waals surface area (Å²) in [4.78, 5) is 58.7. The topological polar surface area (TPSA) is 166 Å². The molecule has 6 aromatic rings. The molecule has 2 atom stereocenters. The van der Waals surface area contributed by atoms with E-state index in [2.05, 4.69) is 31.2 Å². The van der Waals surface area contributed by atoms with E-state index in [-0.39, 0.29) is 25.0 Å². The second-order valence-electron chi connectivity index (χ2n) is 14.7. The molecule has 2 heterocycles. The quantitative estimate of drug-likeness (QED) is 0.0381. The lowest BCUT2D eigenvalue weighted by Crippen LogP contribution is -2.48. The molecule has 308 valence electrons. The first kappa shape index (κ1) is 42.1. The average Bonchev–Trinajstić information content (AvgIpc) is 3.88. The monoisotopic (exact) mass is 798 g/mol. The Hall–Kier alpha value is -6.56. The molecule has 2 unspecified atom stereocenters. The number of hydrogen-bond acceptors (Lipinski definition) is 6. The van der Waals surface area contributed by atoms with Crippen molar-refractivity contribution in [2.45, 2.75) is 83.1 Å². The Kier molecular flexibility index (Phi) is 16.0. The van der Waals surface area contributed by atoms with Crippen LogP contribution in [0.25, 0.3) is 21.8 Å². The molecule has 12 heteroatoms. The summed E-state index contributed by atoms with van der Waals surface area (Å²) in [5.41, 5.74) is 5.53. The predicted molar refractivity (Wildman–Crippen MR) is 229 cm³/mol. The molecule has 12 nitrogen and oxygen atoms in total. The summed E-state index contributed by atoms with van der Waals surface area (Å²) in [7, 11) is 0. The smallest absolute Gasteiger partial charge is 0.408 e. The van der Waals surface area contributed by atoms with Crippen LogP contribution in [0.5, 0.6) is 0 Å². The van der Waals surface area contributed by atoms with E-state index in [0.29, 0.717) is 25.9 Å². The fourth-order valence-electron chi connectivity index (χ4n) is 7.08. The third-order valence-electron chi connectivity index (χ3n) is 10.3. The van der Waals surface area contributed by atoms with Gasteiger partial charge in [-0.15, -0.1) is 0 Å². The number of ether oxygens (including phenoxy) is 2. The van der Waals surface area contributed by atoms with Gasteiger partial charge in [-0.05, 0) is 47.2 Å². The summed E-state index contributed by atoms with van der Waals surface area (Å²) < 4.78 is 10.9. The van der Waals surface area contributed by atoms with E-state index in [1.807, 2.05) is 122 Å². The SMILES string of the molecule is O=C(NC(Cc1c[nH]c2ccccc12)C(=O)NCCCCCCCCCNC(=O)C(Cc1c[nH]c2ccccc12)NC(=O)OCc1ccccc1)OCc1ccccc1. The Morgan fingerprint density at radius 1 is 0.475 bits per heavy atom. The van der Waals surface area contributed by atoms with Crippen molar-refractivity contribution in [3.63, 3.8) is 0 Å². The first-order valence-corrected chi connectivity index (χ1v) is 20.5. The Labute approximate surface area is 344 Å². The molecule has 0 radical (unpaired) electrons. The van der Waals surface area contributed by atoms with Gasteiger partial charge in [0.15, 0.2) is 0 Å². The Morgan fingerprint density at radius 3 is 1.27 bits per heavy atom. The molecule has 0 spiro atoms. The van der Waals surface area contributed by atoms with Gasteiger partial charge in [-0.1, -0.05) is 129 Å². The van der Waals surface area contributed by atoms with Crippen molar-refractivity contribution in [1.82, 2.24) is 31.2 Å². The minimum Gasteiger partial charge on any atom is -0.445 e. The van der Waals surface area contributed by atoms with Gasteiger partial charge in [-0.25, -0.2) is 9.59 Å². The van der Waals surface area contributed by atoms with Crippen LogP contribution in [-0.2, 0) is 45.1 Å². The number of fused-ring (bicyclic) bond motifs is 2. The van der Waals surface area contributed by atoms with Gasteiger partial charge in [0.05, 0.1) is 0 Å². The first-order chi connectivity index (χ1) is 28.9. The van der Waals surface area contributed by atoms with Crippen molar-refractivity contribution in [3.05, 3.63) is 144 Å². The highest BCUT2D eigenvalue weighted by atomic mass is 16.6. The number of aromatic amines is 2. The van der Waals surface area contributed by atoms with Crippen molar-refractivity contribution in [2.75, 3.05) is 13.1 Å². The summed E-state index contributed by atoms with van der Waals surface area (Å²) in [6.45, 7) is 1.23. The summed E-state index contributed by atoms with van der Waals surface area (Å²) >= 11 is 0. The van der Waals surface area contributed by atoms with Gasteiger partial charge in [0.1, 0.15) is 25.3 Å². The lowest BCUT2D eigenvalue weighted by atomic mass is 10.0. The molecule has 4 aromatic carbocycles. The number of para-hydroxylation sites is 2. The van der Waals surface area contributed by atoms with Crippen LogP contribution >= 0.6 is 0 Å². The number of alkyl carbamates (subject to hydrolysis) is 2. The fourth-order valence-corrected chi connectivity index (χ4v) is 7.08. The van der Waals surface area contributed by atoms with E-state index in [1.165, 1.54) is 0 Å². The molecule has 0 saturated carbocycles. The number of benzene rings is 4. The van der Waals surface area contributed by atoms with Crippen molar-refractivity contribution in [2.24, 2.45) is 0 Å². The molecule has 59 heavy (non-hydrogen) atoms. The number of H-pyrrole nitrogens is 2. The third kappa shape index (κ3) is 13.2. The average molecular weight is 799 g/mol. The highest BCUT2D eigenvalue weighted by Crippen LogP contribution is 2.21. The minimum atomic E-state index is -0.800. The van der Waals surface area contributed by atoms with E-state index in [4.69, 9.17) is 9.47 Å². The standard InChI is InChI=1S/C47H54N6O6/c54-44(42(28-36-30-50-40-24-14-12-22-38(36)40)52-46(56)58-32-34-18-8-6-9-19-34)48-26-16-4-2-1-3-5-17-27-49-45(55)43(29-37-31-51-41-25-15-13-23-39(37)41)53-47(57)59-33-35-20-10-7-11-21-35/h6-15,18-25,30-31,42-43,50-51H,1-5,16-17,26-29,32-33H2,(H,48,54)(H,49,55)(H,52,56)(H,53,57). The van der Waals surface area contributed by atoms with E-state index >= 15 is 0 Å².